The van der Waals surface area contributed by atoms with Crippen molar-refractivity contribution in [2.75, 3.05) is 6.54 Å². The zero-order valence-corrected chi connectivity index (χ0v) is 21.1. The van der Waals surface area contributed by atoms with Crippen molar-refractivity contribution in [1.82, 2.24) is 10.3 Å². The summed E-state index contributed by atoms with van der Waals surface area (Å²) >= 11 is 0. The van der Waals surface area contributed by atoms with E-state index in [4.69, 9.17) is 11.6 Å². The number of nitrogens with one attached hydrogen (secondary N) is 1. The molecular formula is C28H40F2N4O. The van der Waals surface area contributed by atoms with Crippen LogP contribution in [0.25, 0.3) is 0 Å². The number of rotatable bonds is 9. The molecule has 0 aromatic heterocycles. The van der Waals surface area contributed by atoms with E-state index in [9.17, 15) is 13.9 Å². The summed E-state index contributed by atoms with van der Waals surface area (Å²) in [6.07, 6.45) is 7.33. The van der Waals surface area contributed by atoms with Gasteiger partial charge in [-0.1, -0.05) is 64.3 Å². The van der Waals surface area contributed by atoms with Crippen LogP contribution in [0, 0.1) is 11.6 Å². The largest absolute Gasteiger partial charge is 0.403 e. The van der Waals surface area contributed by atoms with Crippen molar-refractivity contribution in [3.63, 3.8) is 0 Å². The molecule has 0 saturated heterocycles. The quantitative estimate of drug-likeness (QED) is 0.308. The Morgan fingerprint density at radius 1 is 1.09 bits per heavy atom. The summed E-state index contributed by atoms with van der Waals surface area (Å²) in [5.41, 5.74) is 8.22. The molecule has 7 heteroatoms. The van der Waals surface area contributed by atoms with Gasteiger partial charge in [-0.05, 0) is 53.5 Å². The van der Waals surface area contributed by atoms with Gasteiger partial charge in [0.25, 0.3) is 0 Å². The minimum Gasteiger partial charge on any atom is -0.403 e. The van der Waals surface area contributed by atoms with Crippen molar-refractivity contribution >= 4 is 0 Å². The highest BCUT2D eigenvalue weighted by Gasteiger charge is 2.36. The van der Waals surface area contributed by atoms with Gasteiger partial charge in [0.15, 0.2) is 0 Å². The lowest BCUT2D eigenvalue weighted by molar-refractivity contribution is 0.0608. The first-order chi connectivity index (χ1) is 16.5. The predicted molar refractivity (Wildman–Crippen MR) is 137 cm³/mol. The summed E-state index contributed by atoms with van der Waals surface area (Å²) in [7, 11) is 0. The van der Waals surface area contributed by atoms with Crippen LogP contribution >= 0.6 is 0 Å². The van der Waals surface area contributed by atoms with Crippen LogP contribution in [0.5, 0.6) is 0 Å². The molecule has 35 heavy (non-hydrogen) atoms. The third-order valence-corrected chi connectivity index (χ3v) is 7.09. The molecular weight excluding hydrogens is 446 g/mol. The lowest BCUT2D eigenvalue weighted by Crippen LogP contribution is -2.54. The first-order valence-corrected chi connectivity index (χ1v) is 12.4. The van der Waals surface area contributed by atoms with Gasteiger partial charge in [0.1, 0.15) is 11.6 Å². The van der Waals surface area contributed by atoms with E-state index < -0.39 is 23.8 Å². The molecule has 0 spiro atoms. The number of aliphatic hydroxyl groups is 1. The third-order valence-electron chi connectivity index (χ3n) is 7.09. The number of aliphatic hydroxyl groups excluding tert-OH is 1. The maximum Gasteiger partial charge on any atom is 0.126 e. The molecule has 0 bridgehead atoms. The fourth-order valence-corrected chi connectivity index (χ4v) is 5.06. The first kappa shape index (κ1) is 27.1. The molecule has 0 aliphatic heterocycles. The highest BCUT2D eigenvalue weighted by atomic mass is 19.1. The molecule has 6 N–H and O–H groups in total. The van der Waals surface area contributed by atoms with E-state index in [0.29, 0.717) is 5.56 Å². The second-order valence-electron chi connectivity index (χ2n) is 10.8. The second-order valence-corrected chi connectivity index (χ2v) is 10.8. The second kappa shape index (κ2) is 11.5. The maximum atomic E-state index is 13.8. The van der Waals surface area contributed by atoms with E-state index in [2.05, 4.69) is 50.4 Å². The number of hydrazine groups is 1. The van der Waals surface area contributed by atoms with Crippen LogP contribution < -0.4 is 16.9 Å². The zero-order chi connectivity index (χ0) is 25.6. The normalized spacial score (nSPS) is 17.9. The van der Waals surface area contributed by atoms with Gasteiger partial charge in [-0.2, -0.15) is 0 Å². The van der Waals surface area contributed by atoms with Crippen LogP contribution in [0.2, 0.25) is 0 Å². The summed E-state index contributed by atoms with van der Waals surface area (Å²) in [4.78, 5) is 0. The molecule has 0 heterocycles. The summed E-state index contributed by atoms with van der Waals surface area (Å²) < 4.78 is 27.6. The van der Waals surface area contributed by atoms with Gasteiger partial charge < -0.3 is 21.2 Å². The Labute approximate surface area is 208 Å². The average molecular weight is 487 g/mol. The Hall–Kier alpha value is -2.48. The first-order valence-electron chi connectivity index (χ1n) is 12.4. The summed E-state index contributed by atoms with van der Waals surface area (Å²) in [5.74, 6) is 4.84. The van der Waals surface area contributed by atoms with Crippen LogP contribution in [-0.4, -0.2) is 28.8 Å². The molecule has 1 aliphatic rings. The molecule has 1 saturated carbocycles. The van der Waals surface area contributed by atoms with Gasteiger partial charge in [-0.15, -0.1) is 0 Å². The molecule has 2 atom stereocenters. The van der Waals surface area contributed by atoms with Gasteiger partial charge in [0.2, 0.25) is 0 Å². The highest BCUT2D eigenvalue weighted by molar-refractivity contribution is 5.34. The van der Waals surface area contributed by atoms with Crippen LogP contribution in [0.4, 0.5) is 8.78 Å². The fraction of sp³-hybridized carbons (Fsp3) is 0.500. The van der Waals surface area contributed by atoms with Gasteiger partial charge in [0, 0.05) is 30.5 Å². The van der Waals surface area contributed by atoms with E-state index in [-0.39, 0.29) is 23.9 Å². The van der Waals surface area contributed by atoms with Gasteiger partial charge >= 0.3 is 0 Å². The van der Waals surface area contributed by atoms with Crippen LogP contribution in [-0.2, 0) is 17.4 Å². The monoisotopic (exact) mass is 486 g/mol. The lowest BCUT2D eigenvalue weighted by Gasteiger charge is -2.41. The topological polar surface area (TPSA) is 87.5 Å². The van der Waals surface area contributed by atoms with Crippen LogP contribution in [0.15, 0.2) is 54.9 Å². The standard InChI is InChI=1S/C28H40F2N4O/c1-27(2,3)21-8-7-9-22(17-21)28(10-5-4-6-11-28)33-19-26(35)25(34(32)13-12-31)16-20-14-23(29)18-24(30)15-20/h7-9,12-15,17-18,25-26,33,35H,4-6,10-11,16,19,31-32H2,1-3H3/b13-12-. The summed E-state index contributed by atoms with van der Waals surface area (Å²) in [6, 6.07) is 11.4. The number of nitrogens with zero attached hydrogens (tertiary/aromatic N) is 1. The Bertz CT molecular complexity index is 978. The van der Waals surface area contributed by atoms with E-state index in [0.717, 1.165) is 31.7 Å². The number of hydrogen-bond donors (Lipinski definition) is 4. The molecule has 2 aromatic rings. The number of nitrogens with two attached hydrogens (primary N) is 2. The summed E-state index contributed by atoms with van der Waals surface area (Å²) in [6.45, 7) is 6.89. The van der Waals surface area contributed by atoms with Gasteiger partial charge in [0.05, 0.1) is 12.1 Å². The van der Waals surface area contributed by atoms with Crippen molar-refractivity contribution in [1.29, 1.82) is 0 Å². The smallest absolute Gasteiger partial charge is 0.126 e. The maximum absolute atomic E-state index is 13.8. The van der Waals surface area contributed by atoms with E-state index in [1.54, 1.807) is 0 Å². The predicted octanol–water partition coefficient (Wildman–Crippen LogP) is 4.59. The molecule has 5 nitrogen and oxygen atoms in total. The van der Waals surface area contributed by atoms with Crippen molar-refractivity contribution in [3.8, 4) is 0 Å². The minimum absolute atomic E-state index is 0.0331. The van der Waals surface area contributed by atoms with Crippen molar-refractivity contribution in [3.05, 3.63) is 83.2 Å². The Kier molecular flexibility index (Phi) is 8.91. The zero-order valence-electron chi connectivity index (χ0n) is 21.1. The van der Waals surface area contributed by atoms with E-state index in [1.807, 2.05) is 0 Å². The SMILES string of the molecule is CC(C)(C)c1cccc(C2(NCC(O)C(Cc3cc(F)cc(F)c3)N(N)/C=C\N)CCCCC2)c1. The molecule has 1 aliphatic carbocycles. The Morgan fingerprint density at radius 3 is 2.34 bits per heavy atom. The molecule has 1 fully saturated rings. The van der Waals surface area contributed by atoms with Crippen LogP contribution in [0.1, 0.15) is 69.6 Å². The fourth-order valence-electron chi connectivity index (χ4n) is 5.06. The lowest BCUT2D eigenvalue weighted by atomic mass is 9.74. The average Bonchev–Trinajstić information content (AvgIpc) is 2.81. The Balaban J connectivity index is 1.84. The van der Waals surface area contributed by atoms with Crippen molar-refractivity contribution < 1.29 is 13.9 Å². The number of halogens is 2. The molecule has 0 amide bonds. The Morgan fingerprint density at radius 2 is 1.74 bits per heavy atom. The molecule has 192 valence electrons. The van der Waals surface area contributed by atoms with E-state index >= 15 is 0 Å². The van der Waals surface area contributed by atoms with Gasteiger partial charge in [-0.25, -0.2) is 14.6 Å². The van der Waals surface area contributed by atoms with Crippen molar-refractivity contribution in [2.45, 2.75) is 82.4 Å². The highest BCUT2D eigenvalue weighted by Crippen LogP contribution is 2.38. The molecule has 2 unspecified atom stereocenters. The number of benzene rings is 2. The summed E-state index contributed by atoms with van der Waals surface area (Å²) in [5, 5.41) is 16.2. The number of hydrogen-bond acceptors (Lipinski definition) is 5. The third kappa shape index (κ3) is 7.03. The van der Waals surface area contributed by atoms with Gasteiger partial charge in [-0.3, -0.25) is 0 Å². The minimum atomic E-state index is -0.910. The van der Waals surface area contributed by atoms with E-state index in [1.165, 1.54) is 47.1 Å². The molecule has 0 radical (unpaired) electrons. The van der Waals surface area contributed by atoms with Crippen LogP contribution in [0.3, 0.4) is 0 Å². The molecule has 2 aromatic carbocycles. The molecule has 3 rings (SSSR count). The van der Waals surface area contributed by atoms with Crippen molar-refractivity contribution in [2.24, 2.45) is 11.6 Å².